The SMILES string of the molecule is CCNC(Cc1cc(C)ccc1OC)C(OC)OC. The fourth-order valence-electron chi connectivity index (χ4n) is 2.26. The smallest absolute Gasteiger partial charge is 0.172 e. The molecule has 1 N–H and O–H groups in total. The van der Waals surface area contributed by atoms with E-state index in [1.54, 1.807) is 21.3 Å². The second-order valence-corrected chi connectivity index (χ2v) is 4.52. The Morgan fingerprint density at radius 2 is 1.84 bits per heavy atom. The zero-order valence-corrected chi connectivity index (χ0v) is 12.5. The van der Waals surface area contributed by atoms with Crippen molar-refractivity contribution in [2.75, 3.05) is 27.9 Å². The van der Waals surface area contributed by atoms with Gasteiger partial charge in [-0.2, -0.15) is 0 Å². The lowest BCUT2D eigenvalue weighted by molar-refractivity contribution is -0.122. The van der Waals surface area contributed by atoms with E-state index >= 15 is 0 Å². The summed E-state index contributed by atoms with van der Waals surface area (Å²) in [6, 6.07) is 6.29. The summed E-state index contributed by atoms with van der Waals surface area (Å²) < 4.78 is 16.1. The van der Waals surface area contributed by atoms with Crippen molar-refractivity contribution in [1.82, 2.24) is 5.32 Å². The highest BCUT2D eigenvalue weighted by Gasteiger charge is 2.21. The van der Waals surface area contributed by atoms with Gasteiger partial charge < -0.3 is 19.5 Å². The quantitative estimate of drug-likeness (QED) is 0.733. The minimum atomic E-state index is -0.273. The molecule has 0 saturated carbocycles. The molecule has 0 aromatic heterocycles. The van der Waals surface area contributed by atoms with Crippen molar-refractivity contribution in [2.24, 2.45) is 0 Å². The summed E-state index contributed by atoms with van der Waals surface area (Å²) in [5, 5.41) is 3.40. The number of ether oxygens (including phenoxy) is 3. The monoisotopic (exact) mass is 267 g/mol. The Hall–Kier alpha value is -1.10. The molecule has 108 valence electrons. The number of hydrogen-bond acceptors (Lipinski definition) is 4. The van der Waals surface area contributed by atoms with E-state index in [1.165, 1.54) is 5.56 Å². The zero-order valence-electron chi connectivity index (χ0n) is 12.5. The van der Waals surface area contributed by atoms with Crippen LogP contribution in [0.15, 0.2) is 18.2 Å². The van der Waals surface area contributed by atoms with Gasteiger partial charge in [-0.15, -0.1) is 0 Å². The van der Waals surface area contributed by atoms with Crippen LogP contribution in [0.25, 0.3) is 0 Å². The second kappa shape index (κ2) is 8.15. The van der Waals surface area contributed by atoms with E-state index < -0.39 is 0 Å². The lowest BCUT2D eigenvalue weighted by Crippen LogP contribution is -2.43. The third kappa shape index (κ3) is 4.49. The maximum Gasteiger partial charge on any atom is 0.172 e. The van der Waals surface area contributed by atoms with Gasteiger partial charge in [-0.1, -0.05) is 24.6 Å². The number of methoxy groups -OCH3 is 3. The van der Waals surface area contributed by atoms with Gasteiger partial charge in [0.2, 0.25) is 0 Å². The number of benzene rings is 1. The van der Waals surface area contributed by atoms with E-state index in [-0.39, 0.29) is 12.3 Å². The molecule has 0 spiro atoms. The largest absolute Gasteiger partial charge is 0.496 e. The van der Waals surface area contributed by atoms with Gasteiger partial charge in [0.15, 0.2) is 6.29 Å². The maximum absolute atomic E-state index is 5.42. The van der Waals surface area contributed by atoms with Gasteiger partial charge in [-0.3, -0.25) is 0 Å². The predicted molar refractivity (Wildman–Crippen MR) is 76.7 cm³/mol. The molecule has 0 heterocycles. The lowest BCUT2D eigenvalue weighted by atomic mass is 10.0. The summed E-state index contributed by atoms with van der Waals surface area (Å²) in [7, 11) is 5.01. The Labute approximate surface area is 116 Å². The van der Waals surface area contributed by atoms with Crippen molar-refractivity contribution in [3.05, 3.63) is 29.3 Å². The third-order valence-electron chi connectivity index (χ3n) is 3.14. The Balaban J connectivity index is 2.91. The van der Waals surface area contributed by atoms with Crippen LogP contribution in [-0.2, 0) is 15.9 Å². The summed E-state index contributed by atoms with van der Waals surface area (Å²) in [4.78, 5) is 0. The summed E-state index contributed by atoms with van der Waals surface area (Å²) in [5.74, 6) is 0.902. The van der Waals surface area contributed by atoms with Gasteiger partial charge in [0.25, 0.3) is 0 Å². The number of aryl methyl sites for hydroxylation is 1. The van der Waals surface area contributed by atoms with Gasteiger partial charge in [-0.05, 0) is 31.5 Å². The molecule has 0 aliphatic rings. The molecule has 4 nitrogen and oxygen atoms in total. The van der Waals surface area contributed by atoms with Crippen LogP contribution in [0.2, 0.25) is 0 Å². The van der Waals surface area contributed by atoms with Crippen LogP contribution in [0.4, 0.5) is 0 Å². The van der Waals surface area contributed by atoms with Gasteiger partial charge in [0.05, 0.1) is 13.2 Å². The zero-order chi connectivity index (χ0) is 14.3. The summed E-state index contributed by atoms with van der Waals surface area (Å²) in [6.07, 6.45) is 0.524. The number of nitrogens with one attached hydrogen (secondary N) is 1. The van der Waals surface area contributed by atoms with Crippen molar-refractivity contribution < 1.29 is 14.2 Å². The van der Waals surface area contributed by atoms with Gasteiger partial charge in [-0.25, -0.2) is 0 Å². The average molecular weight is 267 g/mol. The molecule has 1 unspecified atom stereocenters. The highest BCUT2D eigenvalue weighted by atomic mass is 16.7. The maximum atomic E-state index is 5.42. The molecule has 0 saturated heterocycles. The van der Waals surface area contributed by atoms with Crippen LogP contribution in [0, 0.1) is 6.92 Å². The van der Waals surface area contributed by atoms with E-state index in [1.807, 2.05) is 6.07 Å². The average Bonchev–Trinajstić information content (AvgIpc) is 2.40. The van der Waals surface area contributed by atoms with Crippen LogP contribution in [0.1, 0.15) is 18.1 Å². The molecule has 4 heteroatoms. The molecular formula is C15H25NO3. The molecule has 0 aliphatic carbocycles. The van der Waals surface area contributed by atoms with E-state index in [0.717, 1.165) is 24.3 Å². The van der Waals surface area contributed by atoms with Crippen molar-refractivity contribution in [3.63, 3.8) is 0 Å². The fraction of sp³-hybridized carbons (Fsp3) is 0.600. The first-order chi connectivity index (χ1) is 9.15. The van der Waals surface area contributed by atoms with E-state index in [4.69, 9.17) is 14.2 Å². The lowest BCUT2D eigenvalue weighted by Gasteiger charge is -2.26. The number of likely N-dealkylation sites (N-methyl/N-ethyl adjacent to an activating group) is 1. The molecule has 0 amide bonds. The van der Waals surface area contributed by atoms with Crippen molar-refractivity contribution in [3.8, 4) is 5.75 Å². The van der Waals surface area contributed by atoms with Crippen LogP contribution in [0.5, 0.6) is 5.75 Å². The van der Waals surface area contributed by atoms with Crippen molar-refractivity contribution in [2.45, 2.75) is 32.6 Å². The normalized spacial score (nSPS) is 12.7. The minimum Gasteiger partial charge on any atom is -0.496 e. The van der Waals surface area contributed by atoms with Crippen LogP contribution in [-0.4, -0.2) is 40.2 Å². The van der Waals surface area contributed by atoms with Gasteiger partial charge >= 0.3 is 0 Å². The Morgan fingerprint density at radius 1 is 1.16 bits per heavy atom. The topological polar surface area (TPSA) is 39.7 Å². The molecule has 0 bridgehead atoms. The first kappa shape index (κ1) is 16.0. The van der Waals surface area contributed by atoms with Crippen LogP contribution >= 0.6 is 0 Å². The van der Waals surface area contributed by atoms with Crippen molar-refractivity contribution >= 4 is 0 Å². The van der Waals surface area contributed by atoms with Crippen molar-refractivity contribution in [1.29, 1.82) is 0 Å². The molecule has 0 aliphatic heterocycles. The molecule has 1 rings (SSSR count). The van der Waals surface area contributed by atoms with E-state index in [9.17, 15) is 0 Å². The second-order valence-electron chi connectivity index (χ2n) is 4.52. The fourth-order valence-corrected chi connectivity index (χ4v) is 2.26. The minimum absolute atomic E-state index is 0.0932. The molecular weight excluding hydrogens is 242 g/mol. The summed E-state index contributed by atoms with van der Waals surface area (Å²) in [6.45, 7) is 5.01. The van der Waals surface area contributed by atoms with Gasteiger partial charge in [0.1, 0.15) is 5.75 Å². The standard InChI is InChI=1S/C15H25NO3/c1-6-16-13(15(18-4)19-5)10-12-9-11(2)7-8-14(12)17-3/h7-9,13,15-16H,6,10H2,1-5H3. The number of rotatable bonds is 8. The Morgan fingerprint density at radius 3 is 2.37 bits per heavy atom. The first-order valence-electron chi connectivity index (χ1n) is 6.58. The Kier molecular flexibility index (Phi) is 6.84. The third-order valence-corrected chi connectivity index (χ3v) is 3.14. The summed E-state index contributed by atoms with van der Waals surface area (Å²) in [5.41, 5.74) is 2.38. The molecule has 1 aromatic carbocycles. The first-order valence-corrected chi connectivity index (χ1v) is 6.58. The molecule has 19 heavy (non-hydrogen) atoms. The van der Waals surface area contributed by atoms with E-state index in [0.29, 0.717) is 0 Å². The number of hydrogen-bond donors (Lipinski definition) is 1. The highest BCUT2D eigenvalue weighted by Crippen LogP contribution is 2.22. The molecule has 0 fully saturated rings. The Bertz CT molecular complexity index is 378. The van der Waals surface area contributed by atoms with Crippen LogP contribution < -0.4 is 10.1 Å². The molecule has 1 aromatic rings. The molecule has 1 atom stereocenters. The van der Waals surface area contributed by atoms with Gasteiger partial charge in [0, 0.05) is 14.2 Å². The highest BCUT2D eigenvalue weighted by molar-refractivity contribution is 5.37. The predicted octanol–water partition coefficient (Wildman–Crippen LogP) is 2.14. The molecule has 0 radical (unpaired) electrons. The summed E-state index contributed by atoms with van der Waals surface area (Å²) >= 11 is 0. The van der Waals surface area contributed by atoms with E-state index in [2.05, 4.69) is 31.3 Å². The van der Waals surface area contributed by atoms with Crippen LogP contribution in [0.3, 0.4) is 0 Å².